The Kier molecular flexibility index (Phi) is 4.60. The molecule has 0 spiro atoms. The molecule has 0 unspecified atom stereocenters. The van der Waals surface area contributed by atoms with Crippen molar-refractivity contribution < 1.29 is 4.92 Å². The van der Waals surface area contributed by atoms with E-state index in [-0.39, 0.29) is 11.5 Å². The zero-order valence-electron chi connectivity index (χ0n) is 11.9. The summed E-state index contributed by atoms with van der Waals surface area (Å²) < 4.78 is 0. The molecular weight excluding hydrogens is 272 g/mol. The second-order valence-corrected chi connectivity index (χ2v) is 4.40. The number of anilines is 2. The van der Waals surface area contributed by atoms with Gasteiger partial charge in [-0.15, -0.1) is 0 Å². The summed E-state index contributed by atoms with van der Waals surface area (Å²) in [6, 6.07) is 5.68. The van der Waals surface area contributed by atoms with Crippen molar-refractivity contribution in [2.75, 3.05) is 30.9 Å². The maximum Gasteiger partial charge on any atom is 0.329 e. The van der Waals surface area contributed by atoms with E-state index in [1.807, 2.05) is 18.2 Å². The molecule has 0 bridgehead atoms. The molecule has 0 fully saturated rings. The lowest BCUT2D eigenvalue weighted by molar-refractivity contribution is -0.384. The fourth-order valence-electron chi connectivity index (χ4n) is 1.83. The minimum Gasteiger partial charge on any atom is -0.357 e. The Balaban J connectivity index is 2.17. The Hall–Kier alpha value is -2.77. The minimum atomic E-state index is -0.480. The van der Waals surface area contributed by atoms with Gasteiger partial charge in [-0.1, -0.05) is 6.07 Å². The quantitative estimate of drug-likeness (QED) is 0.635. The van der Waals surface area contributed by atoms with Gasteiger partial charge in [0, 0.05) is 39.0 Å². The summed E-state index contributed by atoms with van der Waals surface area (Å²) in [5, 5.41) is 13.8. The minimum absolute atomic E-state index is 0.113. The van der Waals surface area contributed by atoms with Crippen molar-refractivity contribution in [3.63, 3.8) is 0 Å². The number of aromatic nitrogens is 3. The second kappa shape index (κ2) is 6.60. The predicted octanol–water partition coefficient (Wildman–Crippen LogP) is 1.50. The third-order valence-corrected chi connectivity index (χ3v) is 2.96. The van der Waals surface area contributed by atoms with E-state index in [4.69, 9.17) is 0 Å². The van der Waals surface area contributed by atoms with Crippen molar-refractivity contribution in [1.82, 2.24) is 15.0 Å². The number of hydrogen-bond donors (Lipinski definition) is 1. The highest BCUT2D eigenvalue weighted by Gasteiger charge is 2.20. The summed E-state index contributed by atoms with van der Waals surface area (Å²) >= 11 is 0. The zero-order valence-corrected chi connectivity index (χ0v) is 11.9. The number of likely N-dealkylation sites (N-methyl/N-ethyl adjacent to an activating group) is 1. The Morgan fingerprint density at radius 2 is 2.19 bits per heavy atom. The average molecular weight is 288 g/mol. The van der Waals surface area contributed by atoms with Gasteiger partial charge in [-0.2, -0.15) is 4.98 Å². The van der Waals surface area contributed by atoms with Crippen LogP contribution in [0.2, 0.25) is 0 Å². The normalized spacial score (nSPS) is 10.2. The van der Waals surface area contributed by atoms with Gasteiger partial charge in [0.15, 0.2) is 0 Å². The van der Waals surface area contributed by atoms with Crippen LogP contribution in [0.4, 0.5) is 17.5 Å². The molecule has 0 saturated carbocycles. The topological polar surface area (TPSA) is 97.1 Å². The number of nitrogens with one attached hydrogen (secondary N) is 1. The average Bonchev–Trinajstić information content (AvgIpc) is 2.52. The molecule has 0 saturated heterocycles. The van der Waals surface area contributed by atoms with Crippen molar-refractivity contribution in [3.05, 3.63) is 46.4 Å². The van der Waals surface area contributed by atoms with Gasteiger partial charge in [-0.3, -0.25) is 15.1 Å². The maximum absolute atomic E-state index is 11.1. The lowest BCUT2D eigenvalue weighted by Crippen LogP contribution is -2.23. The van der Waals surface area contributed by atoms with E-state index in [9.17, 15) is 10.1 Å². The molecule has 2 rings (SSSR count). The molecule has 1 N–H and O–H groups in total. The second-order valence-electron chi connectivity index (χ2n) is 4.40. The molecule has 0 aliphatic heterocycles. The Morgan fingerprint density at radius 1 is 1.38 bits per heavy atom. The Labute approximate surface area is 122 Å². The molecule has 0 atom stereocenters. The highest BCUT2D eigenvalue weighted by Crippen LogP contribution is 2.25. The van der Waals surface area contributed by atoms with Gasteiger partial charge < -0.3 is 10.2 Å². The van der Waals surface area contributed by atoms with Crippen LogP contribution < -0.4 is 10.2 Å². The van der Waals surface area contributed by atoms with Crippen molar-refractivity contribution in [1.29, 1.82) is 0 Å². The Morgan fingerprint density at radius 3 is 2.81 bits per heavy atom. The fraction of sp³-hybridized carbons (Fsp3) is 0.308. The van der Waals surface area contributed by atoms with Crippen LogP contribution in [0.3, 0.4) is 0 Å². The molecule has 110 valence electrons. The van der Waals surface area contributed by atoms with E-state index in [0.717, 1.165) is 5.69 Å². The first-order valence-electron chi connectivity index (χ1n) is 6.42. The number of pyridine rings is 1. The van der Waals surface area contributed by atoms with Crippen LogP contribution in [-0.4, -0.2) is 40.5 Å². The van der Waals surface area contributed by atoms with Crippen LogP contribution >= 0.6 is 0 Å². The first-order chi connectivity index (χ1) is 10.1. The van der Waals surface area contributed by atoms with Gasteiger partial charge >= 0.3 is 5.69 Å². The van der Waals surface area contributed by atoms with Gasteiger partial charge in [0.2, 0.25) is 11.8 Å². The largest absolute Gasteiger partial charge is 0.357 e. The monoisotopic (exact) mass is 288 g/mol. The molecular formula is C13H16N6O2. The molecule has 0 aliphatic carbocycles. The zero-order chi connectivity index (χ0) is 15.2. The fourth-order valence-corrected chi connectivity index (χ4v) is 1.83. The van der Waals surface area contributed by atoms with E-state index in [1.54, 1.807) is 25.2 Å². The molecule has 8 nitrogen and oxygen atoms in total. The molecule has 2 aromatic rings. The summed E-state index contributed by atoms with van der Waals surface area (Å²) in [5.41, 5.74) is 0.812. The standard InChI is InChI=1S/C13H16N6O2/c1-14-13-16-9-11(19(20)21)12(17-13)18(2)8-6-10-5-3-4-7-15-10/h3-5,7,9H,6,8H2,1-2H3,(H,14,16,17). The lowest BCUT2D eigenvalue weighted by Gasteiger charge is -2.18. The van der Waals surface area contributed by atoms with E-state index >= 15 is 0 Å². The van der Waals surface area contributed by atoms with E-state index in [0.29, 0.717) is 18.9 Å². The van der Waals surface area contributed by atoms with Crippen LogP contribution in [0.5, 0.6) is 0 Å². The molecule has 0 radical (unpaired) electrons. The van der Waals surface area contributed by atoms with E-state index < -0.39 is 4.92 Å². The van der Waals surface area contributed by atoms with Gasteiger partial charge in [0.1, 0.15) is 6.20 Å². The lowest BCUT2D eigenvalue weighted by atomic mass is 10.2. The summed E-state index contributed by atoms with van der Waals surface area (Å²) in [7, 11) is 3.43. The van der Waals surface area contributed by atoms with E-state index in [2.05, 4.69) is 20.3 Å². The number of hydrogen-bond acceptors (Lipinski definition) is 7. The van der Waals surface area contributed by atoms with Crippen molar-refractivity contribution >= 4 is 17.5 Å². The third kappa shape index (κ3) is 3.62. The molecule has 0 amide bonds. The molecule has 2 heterocycles. The van der Waals surface area contributed by atoms with E-state index in [1.165, 1.54) is 6.20 Å². The highest BCUT2D eigenvalue weighted by atomic mass is 16.6. The number of nitro groups is 1. The SMILES string of the molecule is CNc1ncc([N+](=O)[O-])c(N(C)CCc2ccccn2)n1. The molecule has 0 aromatic carbocycles. The van der Waals surface area contributed by atoms with Crippen LogP contribution in [0, 0.1) is 10.1 Å². The summed E-state index contributed by atoms with van der Waals surface area (Å²) in [5.74, 6) is 0.635. The molecule has 2 aromatic heterocycles. The van der Waals surface area contributed by atoms with Crippen LogP contribution in [0.25, 0.3) is 0 Å². The van der Waals surface area contributed by atoms with Gasteiger partial charge in [-0.05, 0) is 12.1 Å². The number of rotatable bonds is 6. The molecule has 8 heteroatoms. The summed E-state index contributed by atoms with van der Waals surface area (Å²) in [6.45, 7) is 0.567. The maximum atomic E-state index is 11.1. The van der Waals surface area contributed by atoms with Crippen LogP contribution in [0.15, 0.2) is 30.6 Å². The third-order valence-electron chi connectivity index (χ3n) is 2.96. The summed E-state index contributed by atoms with van der Waals surface area (Å²) in [4.78, 5) is 24.6. The predicted molar refractivity (Wildman–Crippen MR) is 79.4 cm³/mol. The van der Waals surface area contributed by atoms with Gasteiger partial charge in [-0.25, -0.2) is 4.98 Å². The molecule has 0 aliphatic rings. The molecule has 21 heavy (non-hydrogen) atoms. The van der Waals surface area contributed by atoms with Crippen LogP contribution in [-0.2, 0) is 6.42 Å². The highest BCUT2D eigenvalue weighted by molar-refractivity contribution is 5.58. The van der Waals surface area contributed by atoms with Gasteiger partial charge in [0.25, 0.3) is 0 Å². The first-order valence-corrected chi connectivity index (χ1v) is 6.42. The van der Waals surface area contributed by atoms with Crippen molar-refractivity contribution in [3.8, 4) is 0 Å². The van der Waals surface area contributed by atoms with Gasteiger partial charge in [0.05, 0.1) is 4.92 Å². The summed E-state index contributed by atoms with van der Waals surface area (Å²) in [6.07, 6.45) is 3.61. The number of nitrogens with zero attached hydrogens (tertiary/aromatic N) is 5. The van der Waals surface area contributed by atoms with Crippen molar-refractivity contribution in [2.45, 2.75) is 6.42 Å². The smallest absolute Gasteiger partial charge is 0.329 e. The first kappa shape index (κ1) is 14.6. The van der Waals surface area contributed by atoms with Crippen molar-refractivity contribution in [2.24, 2.45) is 0 Å². The van der Waals surface area contributed by atoms with Crippen LogP contribution in [0.1, 0.15) is 5.69 Å². The Bertz CT molecular complexity index is 619.